The van der Waals surface area contributed by atoms with Crippen LogP contribution >= 0.6 is 0 Å². The van der Waals surface area contributed by atoms with E-state index in [1.807, 2.05) is 0 Å². The minimum atomic E-state index is -0.437. The van der Waals surface area contributed by atoms with Crippen LogP contribution in [0.1, 0.15) is 40.7 Å². The van der Waals surface area contributed by atoms with Crippen molar-refractivity contribution < 1.29 is 19.1 Å². The van der Waals surface area contributed by atoms with Gasteiger partial charge in [-0.15, -0.1) is 0 Å². The molecule has 0 heterocycles. The lowest BCUT2D eigenvalue weighted by atomic mass is 9.92. The maximum Gasteiger partial charge on any atom is 0.330 e. The highest BCUT2D eigenvalue weighted by molar-refractivity contribution is 5.81. The number of carbonyl (C=O) groups is 2. The first-order valence-corrected chi connectivity index (χ1v) is 15.4. The molecule has 45 heavy (non-hydrogen) atoms. The van der Waals surface area contributed by atoms with Gasteiger partial charge in [0.1, 0.15) is 0 Å². The van der Waals surface area contributed by atoms with Gasteiger partial charge in [-0.3, -0.25) is 0 Å². The Labute approximate surface area is 267 Å². The van der Waals surface area contributed by atoms with Crippen molar-refractivity contribution in [3.8, 4) is 11.1 Å². The molecule has 5 heteroatoms. The van der Waals surface area contributed by atoms with E-state index in [4.69, 9.17) is 9.47 Å². The molecule has 0 bridgehead atoms. The van der Waals surface area contributed by atoms with Gasteiger partial charge < -0.3 is 14.4 Å². The summed E-state index contributed by atoms with van der Waals surface area (Å²) in [6.07, 6.45) is 4.42. The van der Waals surface area contributed by atoms with Crippen LogP contribution in [-0.2, 0) is 25.5 Å². The Hall–Kier alpha value is -4.90. The number of aryl methyl sites for hydroxylation is 4. The normalized spacial score (nSPS) is 10.8. The average Bonchev–Trinajstić information content (AvgIpc) is 3.05. The van der Waals surface area contributed by atoms with Crippen LogP contribution in [0.25, 0.3) is 11.1 Å². The molecule has 0 saturated carbocycles. The monoisotopic (exact) mass is 601 g/mol. The number of esters is 2. The minimum absolute atomic E-state index is 0.173. The number of rotatable bonds is 14. The fourth-order valence-corrected chi connectivity index (χ4v) is 5.26. The largest absolute Gasteiger partial charge is 0.463 e. The summed E-state index contributed by atoms with van der Waals surface area (Å²) in [5.74, 6) is -0.700. The first-order chi connectivity index (χ1) is 21.7. The second-order valence-electron chi connectivity index (χ2n) is 11.5. The molecule has 4 rings (SSSR count). The first kappa shape index (κ1) is 33.0. The minimum Gasteiger partial charge on any atom is -0.463 e. The van der Waals surface area contributed by atoms with Gasteiger partial charge >= 0.3 is 11.9 Å². The Morgan fingerprint density at radius 1 is 0.622 bits per heavy atom. The van der Waals surface area contributed by atoms with Gasteiger partial charge in [0, 0.05) is 29.2 Å². The molecule has 5 nitrogen and oxygen atoms in total. The number of nitrogens with zero attached hydrogens (tertiary/aromatic N) is 1. The van der Waals surface area contributed by atoms with Crippen LogP contribution < -0.4 is 4.90 Å². The Morgan fingerprint density at radius 2 is 1.04 bits per heavy atom. The quantitative estimate of drug-likeness (QED) is 0.106. The van der Waals surface area contributed by atoms with Gasteiger partial charge in [-0.05, 0) is 128 Å². The van der Waals surface area contributed by atoms with Crippen LogP contribution in [0.3, 0.4) is 0 Å². The summed E-state index contributed by atoms with van der Waals surface area (Å²) in [5, 5.41) is 0. The molecule has 4 aromatic rings. The SMILES string of the molecule is C=CC(=O)OCCC(CCOC(=O)C=C)Cc1ccc(-c2ccc(N(c3ccc(C)c(C)c3)c3ccc(C)c(C)c3)cc2)cc1. The molecular formula is C40H43NO4. The number of ether oxygens (including phenoxy) is 2. The summed E-state index contributed by atoms with van der Waals surface area (Å²) in [5.41, 5.74) is 11.9. The van der Waals surface area contributed by atoms with Gasteiger partial charge in [0.2, 0.25) is 0 Å². The molecule has 232 valence electrons. The average molecular weight is 602 g/mol. The number of hydrogen-bond donors (Lipinski definition) is 0. The maximum atomic E-state index is 11.5. The lowest BCUT2D eigenvalue weighted by molar-refractivity contribution is -0.138. The van der Waals surface area contributed by atoms with Crippen LogP contribution in [0.4, 0.5) is 17.1 Å². The molecule has 0 aliphatic carbocycles. The van der Waals surface area contributed by atoms with Crippen LogP contribution in [0, 0.1) is 33.6 Å². The Bertz CT molecular complexity index is 1560. The van der Waals surface area contributed by atoms with Crippen LogP contribution in [0.5, 0.6) is 0 Å². The fourth-order valence-electron chi connectivity index (χ4n) is 5.26. The lowest BCUT2D eigenvalue weighted by Gasteiger charge is -2.27. The summed E-state index contributed by atoms with van der Waals surface area (Å²) in [6.45, 7) is 16.1. The van der Waals surface area contributed by atoms with Gasteiger partial charge in [0.25, 0.3) is 0 Å². The molecule has 0 aliphatic heterocycles. The lowest BCUT2D eigenvalue weighted by Crippen LogP contribution is -2.14. The molecule has 0 radical (unpaired) electrons. The molecule has 0 aliphatic rings. The predicted octanol–water partition coefficient (Wildman–Crippen LogP) is 9.45. The van der Waals surface area contributed by atoms with Crippen molar-refractivity contribution in [1.82, 2.24) is 0 Å². The van der Waals surface area contributed by atoms with E-state index in [0.717, 1.165) is 46.8 Å². The van der Waals surface area contributed by atoms with Gasteiger partial charge in [0.05, 0.1) is 13.2 Å². The molecule has 4 aromatic carbocycles. The number of carbonyl (C=O) groups excluding carboxylic acids is 2. The summed E-state index contributed by atoms with van der Waals surface area (Å²) < 4.78 is 10.4. The number of hydrogen-bond acceptors (Lipinski definition) is 5. The molecule has 0 atom stereocenters. The van der Waals surface area contributed by atoms with E-state index in [1.54, 1.807) is 0 Å². The Balaban J connectivity index is 1.52. The number of benzene rings is 4. The van der Waals surface area contributed by atoms with Crippen molar-refractivity contribution in [3.05, 3.63) is 138 Å². The van der Waals surface area contributed by atoms with E-state index >= 15 is 0 Å². The topological polar surface area (TPSA) is 55.8 Å². The second kappa shape index (κ2) is 15.7. The zero-order valence-corrected chi connectivity index (χ0v) is 26.8. The zero-order chi connectivity index (χ0) is 32.3. The summed E-state index contributed by atoms with van der Waals surface area (Å²) >= 11 is 0. The molecule has 0 aromatic heterocycles. The van der Waals surface area contributed by atoms with Crippen molar-refractivity contribution >= 4 is 29.0 Å². The van der Waals surface area contributed by atoms with Crippen molar-refractivity contribution in [2.45, 2.75) is 47.0 Å². The smallest absolute Gasteiger partial charge is 0.330 e. The van der Waals surface area contributed by atoms with E-state index in [0.29, 0.717) is 12.8 Å². The Kier molecular flexibility index (Phi) is 11.5. The van der Waals surface area contributed by atoms with Gasteiger partial charge in [0.15, 0.2) is 0 Å². The first-order valence-electron chi connectivity index (χ1n) is 15.4. The third kappa shape index (κ3) is 9.05. The van der Waals surface area contributed by atoms with E-state index in [9.17, 15) is 9.59 Å². The van der Waals surface area contributed by atoms with E-state index in [1.165, 1.54) is 27.8 Å². The zero-order valence-electron chi connectivity index (χ0n) is 26.8. The predicted molar refractivity (Wildman–Crippen MR) is 184 cm³/mol. The van der Waals surface area contributed by atoms with Crippen molar-refractivity contribution in [3.63, 3.8) is 0 Å². The molecule has 0 unspecified atom stereocenters. The summed E-state index contributed by atoms with van der Waals surface area (Å²) in [4.78, 5) is 25.3. The van der Waals surface area contributed by atoms with Crippen molar-refractivity contribution in [1.29, 1.82) is 0 Å². The molecule has 0 N–H and O–H groups in total. The highest BCUT2D eigenvalue weighted by atomic mass is 16.5. The molecule has 0 spiro atoms. The molecule has 0 saturated heterocycles. The van der Waals surface area contributed by atoms with E-state index in [-0.39, 0.29) is 19.1 Å². The third-order valence-corrected chi connectivity index (χ3v) is 8.31. The second-order valence-corrected chi connectivity index (χ2v) is 11.5. The van der Waals surface area contributed by atoms with Crippen molar-refractivity contribution in [2.75, 3.05) is 18.1 Å². The summed E-state index contributed by atoms with van der Waals surface area (Å²) in [7, 11) is 0. The van der Waals surface area contributed by atoms with Gasteiger partial charge in [-0.25, -0.2) is 9.59 Å². The molecule has 0 fully saturated rings. The van der Waals surface area contributed by atoms with E-state index < -0.39 is 11.9 Å². The standard InChI is InChI=1S/C40H43NO4/c1-7-39(42)44-23-21-33(22-24-45-40(43)8-2)27-32-11-13-34(14-12-32)35-15-19-36(20-16-35)41(37-17-9-28(3)30(5)25-37)38-18-10-29(4)31(6)26-38/h7-20,25-26,33H,1-2,21-24,27H2,3-6H3. The summed E-state index contributed by atoms with van der Waals surface area (Å²) in [6, 6.07) is 30.5. The third-order valence-electron chi connectivity index (χ3n) is 8.31. The van der Waals surface area contributed by atoms with Crippen molar-refractivity contribution in [2.24, 2.45) is 5.92 Å². The van der Waals surface area contributed by atoms with Crippen LogP contribution in [0.15, 0.2) is 110 Å². The van der Waals surface area contributed by atoms with Crippen LogP contribution in [0.2, 0.25) is 0 Å². The molecule has 0 amide bonds. The van der Waals surface area contributed by atoms with E-state index in [2.05, 4.69) is 131 Å². The molecular weight excluding hydrogens is 558 g/mol. The highest BCUT2D eigenvalue weighted by Crippen LogP contribution is 2.37. The van der Waals surface area contributed by atoms with Crippen LogP contribution in [-0.4, -0.2) is 25.2 Å². The number of anilines is 3. The van der Waals surface area contributed by atoms with Gasteiger partial charge in [-0.1, -0.05) is 61.7 Å². The Morgan fingerprint density at radius 3 is 1.47 bits per heavy atom. The van der Waals surface area contributed by atoms with Gasteiger partial charge in [-0.2, -0.15) is 0 Å². The fraction of sp³-hybridized carbons (Fsp3) is 0.250. The highest BCUT2D eigenvalue weighted by Gasteiger charge is 2.15. The maximum absolute atomic E-state index is 11.5.